The average Bonchev–Trinajstić information content (AvgIpc) is 2.75. The van der Waals surface area contributed by atoms with Crippen molar-refractivity contribution in [2.45, 2.75) is 54.4 Å². The molecule has 1 fully saturated rings. The van der Waals surface area contributed by atoms with Crippen molar-refractivity contribution in [2.75, 3.05) is 11.9 Å². The molecule has 8 nitrogen and oxygen atoms in total. The number of halogens is 1. The van der Waals surface area contributed by atoms with Crippen LogP contribution in [-0.4, -0.2) is 35.3 Å². The molecule has 32 heavy (non-hydrogen) atoms. The van der Waals surface area contributed by atoms with E-state index >= 15 is 0 Å². The van der Waals surface area contributed by atoms with Crippen LogP contribution in [0.2, 0.25) is 5.02 Å². The fourth-order valence-electron chi connectivity index (χ4n) is 3.44. The average molecular weight is 500 g/mol. The smallest absolute Gasteiger partial charge is 0.240 e. The standard InChI is InChI=1S/C21H26ClN3O5S2/c22-16-6-10-19(11-7-16)31(27,28)23-15-14-21(26)24-17-8-12-20(13-9-17)32(29,30)25-18-4-2-1-3-5-18/h6-13,18,23,25H,1-5,14-15H2,(H,24,26). The highest BCUT2D eigenvalue weighted by molar-refractivity contribution is 7.89. The van der Waals surface area contributed by atoms with Gasteiger partial charge in [-0.2, -0.15) is 0 Å². The van der Waals surface area contributed by atoms with Crippen LogP contribution in [-0.2, 0) is 24.8 Å². The Kier molecular flexibility index (Phi) is 8.29. The molecule has 0 saturated heterocycles. The molecule has 0 atom stereocenters. The fourth-order valence-corrected chi connectivity index (χ4v) is 5.91. The lowest BCUT2D eigenvalue weighted by Gasteiger charge is -2.22. The maximum absolute atomic E-state index is 12.5. The molecule has 0 aromatic heterocycles. The van der Waals surface area contributed by atoms with Gasteiger partial charge in [0.15, 0.2) is 0 Å². The number of hydrogen-bond acceptors (Lipinski definition) is 5. The van der Waals surface area contributed by atoms with E-state index in [1.54, 1.807) is 0 Å². The summed E-state index contributed by atoms with van der Waals surface area (Å²) in [4.78, 5) is 12.3. The molecular formula is C21H26ClN3O5S2. The molecule has 2 aromatic rings. The Morgan fingerprint density at radius 2 is 1.41 bits per heavy atom. The molecule has 3 N–H and O–H groups in total. The molecule has 0 unspecified atom stereocenters. The first-order chi connectivity index (χ1) is 15.2. The van der Waals surface area contributed by atoms with E-state index < -0.39 is 26.0 Å². The zero-order chi connectivity index (χ0) is 23.2. The van der Waals surface area contributed by atoms with E-state index in [0.717, 1.165) is 32.1 Å². The second-order valence-corrected chi connectivity index (χ2v) is 11.5. The van der Waals surface area contributed by atoms with Crippen LogP contribution in [0.25, 0.3) is 0 Å². The lowest BCUT2D eigenvalue weighted by Crippen LogP contribution is -2.36. The summed E-state index contributed by atoms with van der Waals surface area (Å²) < 4.78 is 54.6. The first-order valence-electron chi connectivity index (χ1n) is 10.3. The van der Waals surface area contributed by atoms with Gasteiger partial charge in [-0.15, -0.1) is 0 Å². The highest BCUT2D eigenvalue weighted by Crippen LogP contribution is 2.21. The summed E-state index contributed by atoms with van der Waals surface area (Å²) in [6.45, 7) is -0.0887. The lowest BCUT2D eigenvalue weighted by atomic mass is 9.96. The van der Waals surface area contributed by atoms with Gasteiger partial charge >= 0.3 is 0 Å². The minimum absolute atomic E-state index is 0.0372. The van der Waals surface area contributed by atoms with Crippen molar-refractivity contribution < 1.29 is 21.6 Å². The molecule has 174 valence electrons. The van der Waals surface area contributed by atoms with Crippen LogP contribution in [0.5, 0.6) is 0 Å². The van der Waals surface area contributed by atoms with Crippen LogP contribution in [0.1, 0.15) is 38.5 Å². The van der Waals surface area contributed by atoms with E-state index in [-0.39, 0.29) is 28.8 Å². The minimum atomic E-state index is -3.74. The molecule has 2 aromatic carbocycles. The summed E-state index contributed by atoms with van der Waals surface area (Å²) in [5.74, 6) is -0.403. The molecule has 11 heteroatoms. The number of carbonyl (C=O) groups is 1. The van der Waals surface area contributed by atoms with E-state index in [2.05, 4.69) is 14.8 Å². The van der Waals surface area contributed by atoms with Crippen LogP contribution >= 0.6 is 11.6 Å². The molecule has 0 radical (unpaired) electrons. The third-order valence-corrected chi connectivity index (χ3v) is 8.41. The van der Waals surface area contributed by atoms with E-state index in [0.29, 0.717) is 10.7 Å². The first-order valence-corrected chi connectivity index (χ1v) is 13.7. The van der Waals surface area contributed by atoms with Gasteiger partial charge in [0.25, 0.3) is 0 Å². The molecule has 0 spiro atoms. The van der Waals surface area contributed by atoms with Crippen LogP contribution in [0.4, 0.5) is 5.69 Å². The Morgan fingerprint density at radius 3 is 2.03 bits per heavy atom. The molecule has 3 rings (SSSR count). The largest absolute Gasteiger partial charge is 0.326 e. The number of benzene rings is 2. The third kappa shape index (κ3) is 7.01. The molecule has 0 heterocycles. The maximum atomic E-state index is 12.5. The van der Waals surface area contributed by atoms with Crippen molar-refractivity contribution in [1.29, 1.82) is 0 Å². The summed E-state index contributed by atoms with van der Waals surface area (Å²) in [7, 11) is -7.35. The van der Waals surface area contributed by atoms with Crippen LogP contribution in [0, 0.1) is 0 Å². The van der Waals surface area contributed by atoms with Crippen LogP contribution in [0.15, 0.2) is 58.3 Å². The van der Waals surface area contributed by atoms with Crippen molar-refractivity contribution in [1.82, 2.24) is 9.44 Å². The Morgan fingerprint density at radius 1 is 0.844 bits per heavy atom. The number of anilines is 1. The fraction of sp³-hybridized carbons (Fsp3) is 0.381. The van der Waals surface area contributed by atoms with E-state index in [1.807, 2.05) is 0 Å². The summed E-state index contributed by atoms with van der Waals surface area (Å²) in [5.41, 5.74) is 0.423. The van der Waals surface area contributed by atoms with Crippen LogP contribution < -0.4 is 14.8 Å². The topological polar surface area (TPSA) is 121 Å². The van der Waals surface area contributed by atoms with Gasteiger partial charge in [-0.25, -0.2) is 26.3 Å². The number of rotatable bonds is 9. The van der Waals surface area contributed by atoms with E-state index in [1.165, 1.54) is 48.5 Å². The van der Waals surface area contributed by atoms with Gasteiger partial charge < -0.3 is 5.32 Å². The highest BCUT2D eigenvalue weighted by atomic mass is 35.5. The van der Waals surface area contributed by atoms with Gasteiger partial charge in [0.1, 0.15) is 0 Å². The molecule has 1 saturated carbocycles. The SMILES string of the molecule is O=C(CCNS(=O)(=O)c1ccc(Cl)cc1)Nc1ccc(S(=O)(=O)NC2CCCCC2)cc1. The van der Waals surface area contributed by atoms with Crippen LogP contribution in [0.3, 0.4) is 0 Å². The van der Waals surface area contributed by atoms with Crippen molar-refractivity contribution >= 4 is 43.2 Å². The van der Waals surface area contributed by atoms with Crippen molar-refractivity contribution in [3.05, 3.63) is 53.6 Å². The normalized spacial score (nSPS) is 15.4. The van der Waals surface area contributed by atoms with Gasteiger partial charge in [0.05, 0.1) is 9.79 Å². The number of sulfonamides is 2. The second-order valence-electron chi connectivity index (χ2n) is 7.63. The van der Waals surface area contributed by atoms with Gasteiger partial charge in [0, 0.05) is 29.7 Å². The molecule has 1 aliphatic rings. The Bertz CT molecular complexity index is 1130. The maximum Gasteiger partial charge on any atom is 0.240 e. The Balaban J connectivity index is 1.49. The molecule has 1 aliphatic carbocycles. The minimum Gasteiger partial charge on any atom is -0.326 e. The van der Waals surface area contributed by atoms with Crippen molar-refractivity contribution in [3.63, 3.8) is 0 Å². The molecule has 0 aliphatic heterocycles. The quantitative estimate of drug-likeness (QED) is 0.489. The summed E-state index contributed by atoms with van der Waals surface area (Å²) in [6.07, 6.45) is 4.78. The second kappa shape index (κ2) is 10.8. The van der Waals surface area contributed by atoms with Gasteiger partial charge in [0.2, 0.25) is 26.0 Å². The number of nitrogens with one attached hydrogen (secondary N) is 3. The summed E-state index contributed by atoms with van der Waals surface area (Å²) in [6, 6.07) is 11.5. The number of amides is 1. The first kappa shape index (κ1) is 24.7. The zero-order valence-corrected chi connectivity index (χ0v) is 19.8. The zero-order valence-electron chi connectivity index (χ0n) is 17.4. The molecule has 1 amide bonds. The van der Waals surface area contributed by atoms with Gasteiger partial charge in [-0.05, 0) is 61.4 Å². The van der Waals surface area contributed by atoms with Gasteiger partial charge in [-0.3, -0.25) is 4.79 Å². The summed E-state index contributed by atoms with van der Waals surface area (Å²) >= 11 is 5.76. The Labute approximate surface area is 193 Å². The number of hydrogen-bond donors (Lipinski definition) is 3. The highest BCUT2D eigenvalue weighted by Gasteiger charge is 2.22. The van der Waals surface area contributed by atoms with Crippen molar-refractivity contribution in [3.8, 4) is 0 Å². The van der Waals surface area contributed by atoms with Crippen molar-refractivity contribution in [2.24, 2.45) is 0 Å². The van der Waals surface area contributed by atoms with E-state index in [9.17, 15) is 21.6 Å². The summed E-state index contributed by atoms with van der Waals surface area (Å²) in [5, 5.41) is 3.05. The molecule has 0 bridgehead atoms. The Hall–Kier alpha value is -1.98. The van der Waals surface area contributed by atoms with Gasteiger partial charge in [-0.1, -0.05) is 30.9 Å². The monoisotopic (exact) mass is 499 g/mol. The number of carbonyl (C=O) groups excluding carboxylic acids is 1. The van der Waals surface area contributed by atoms with E-state index in [4.69, 9.17) is 11.6 Å². The lowest BCUT2D eigenvalue weighted by molar-refractivity contribution is -0.116. The predicted molar refractivity (Wildman–Crippen MR) is 124 cm³/mol. The molecular weight excluding hydrogens is 474 g/mol. The predicted octanol–water partition coefficient (Wildman–Crippen LogP) is 3.26. The third-order valence-electron chi connectivity index (χ3n) is 5.14.